The van der Waals surface area contributed by atoms with Crippen LogP contribution in [0.15, 0.2) is 30.3 Å². The molecule has 0 saturated heterocycles. The van der Waals surface area contributed by atoms with E-state index in [1.807, 2.05) is 30.3 Å². The van der Waals surface area contributed by atoms with Gasteiger partial charge in [-0.15, -0.1) is 0 Å². The van der Waals surface area contributed by atoms with Crippen molar-refractivity contribution >= 4 is 11.9 Å². The minimum Gasteiger partial charge on any atom is -0.467 e. The Labute approximate surface area is 138 Å². The van der Waals surface area contributed by atoms with Crippen molar-refractivity contribution < 1.29 is 19.1 Å². The molecular formula is C18H27NO4. The monoisotopic (exact) mass is 321 g/mol. The van der Waals surface area contributed by atoms with Crippen LogP contribution in [0.3, 0.4) is 0 Å². The fourth-order valence-electron chi connectivity index (χ4n) is 2.44. The first-order valence-electron chi connectivity index (χ1n) is 8.10. The van der Waals surface area contributed by atoms with Crippen molar-refractivity contribution in [2.75, 3.05) is 14.2 Å². The van der Waals surface area contributed by atoms with Crippen LogP contribution in [0.1, 0.15) is 50.7 Å². The van der Waals surface area contributed by atoms with E-state index in [1.165, 1.54) is 14.2 Å². The van der Waals surface area contributed by atoms with Gasteiger partial charge in [-0.25, -0.2) is 4.79 Å². The van der Waals surface area contributed by atoms with Crippen LogP contribution >= 0.6 is 0 Å². The first kappa shape index (κ1) is 19.2. The molecule has 5 heteroatoms. The van der Waals surface area contributed by atoms with E-state index in [-0.39, 0.29) is 5.91 Å². The lowest BCUT2D eigenvalue weighted by atomic mass is 10.1. The number of carbonyl (C=O) groups excluding carboxylic acids is 2. The normalized spacial score (nSPS) is 13.2. The quantitative estimate of drug-likeness (QED) is 0.531. The topological polar surface area (TPSA) is 64.6 Å². The standard InChI is InChI=1S/C18H27NO4/c1-4-5-6-10-13-15(18(21)23-3)19-17(20)16(22-2)14-11-8-7-9-12-14/h7-9,11-12,15-16H,4-6,10,13H2,1-3H3,(H,19,20)/t15-,16+/m1/s1. The van der Waals surface area contributed by atoms with Crippen LogP contribution in [-0.4, -0.2) is 32.1 Å². The number of hydrogen-bond acceptors (Lipinski definition) is 4. The average Bonchev–Trinajstić information content (AvgIpc) is 2.58. The van der Waals surface area contributed by atoms with Crippen LogP contribution in [-0.2, 0) is 19.1 Å². The Balaban J connectivity index is 2.68. The summed E-state index contributed by atoms with van der Waals surface area (Å²) in [7, 11) is 2.81. The zero-order chi connectivity index (χ0) is 17.1. The van der Waals surface area contributed by atoms with E-state index in [0.29, 0.717) is 6.42 Å². The van der Waals surface area contributed by atoms with Gasteiger partial charge in [0.05, 0.1) is 7.11 Å². The first-order chi connectivity index (χ1) is 11.1. The first-order valence-corrected chi connectivity index (χ1v) is 8.10. The highest BCUT2D eigenvalue weighted by molar-refractivity contribution is 5.87. The molecule has 0 aliphatic heterocycles. The van der Waals surface area contributed by atoms with Gasteiger partial charge < -0.3 is 14.8 Å². The molecule has 0 unspecified atom stereocenters. The molecule has 1 amide bonds. The van der Waals surface area contributed by atoms with E-state index in [9.17, 15) is 9.59 Å². The Kier molecular flexibility index (Phi) is 8.98. The summed E-state index contributed by atoms with van der Waals surface area (Å²) in [6, 6.07) is 8.57. The van der Waals surface area contributed by atoms with Crippen LogP contribution in [0.4, 0.5) is 0 Å². The number of ether oxygens (including phenoxy) is 2. The molecule has 0 spiro atoms. The van der Waals surface area contributed by atoms with E-state index in [0.717, 1.165) is 31.2 Å². The third-order valence-electron chi connectivity index (χ3n) is 3.72. The number of esters is 1. The van der Waals surface area contributed by atoms with Gasteiger partial charge in [0.1, 0.15) is 6.04 Å². The van der Waals surface area contributed by atoms with Gasteiger partial charge in [-0.05, 0) is 12.0 Å². The Morgan fingerprint density at radius 1 is 1.09 bits per heavy atom. The molecule has 0 aliphatic carbocycles. The maximum Gasteiger partial charge on any atom is 0.328 e. The molecule has 2 atom stereocenters. The lowest BCUT2D eigenvalue weighted by Crippen LogP contribution is -2.44. The molecule has 1 rings (SSSR count). The molecule has 1 N–H and O–H groups in total. The van der Waals surface area contributed by atoms with Gasteiger partial charge in [0.25, 0.3) is 5.91 Å². The summed E-state index contributed by atoms with van der Waals surface area (Å²) in [4.78, 5) is 24.3. The van der Waals surface area contributed by atoms with Gasteiger partial charge in [0.15, 0.2) is 6.10 Å². The van der Waals surface area contributed by atoms with Crippen molar-refractivity contribution in [3.05, 3.63) is 35.9 Å². The lowest BCUT2D eigenvalue weighted by molar-refractivity contribution is -0.147. The Morgan fingerprint density at radius 3 is 2.35 bits per heavy atom. The zero-order valence-corrected chi connectivity index (χ0v) is 14.2. The van der Waals surface area contributed by atoms with Crippen LogP contribution < -0.4 is 5.32 Å². The highest BCUT2D eigenvalue weighted by Crippen LogP contribution is 2.17. The van der Waals surface area contributed by atoms with Crippen molar-refractivity contribution in [1.29, 1.82) is 0 Å². The summed E-state index contributed by atoms with van der Waals surface area (Å²) < 4.78 is 10.1. The summed E-state index contributed by atoms with van der Waals surface area (Å²) in [5, 5.41) is 2.76. The summed E-state index contributed by atoms with van der Waals surface area (Å²) in [5.74, 6) is -0.748. The number of rotatable bonds is 10. The maximum absolute atomic E-state index is 12.5. The Bertz CT molecular complexity index is 475. The van der Waals surface area contributed by atoms with Crippen molar-refractivity contribution in [2.45, 2.75) is 51.2 Å². The number of carbonyl (C=O) groups is 2. The molecule has 5 nitrogen and oxygen atoms in total. The van der Waals surface area contributed by atoms with Crippen LogP contribution in [0, 0.1) is 0 Å². The van der Waals surface area contributed by atoms with E-state index in [4.69, 9.17) is 9.47 Å². The third kappa shape index (κ3) is 6.40. The smallest absolute Gasteiger partial charge is 0.328 e. The predicted molar refractivity (Wildman–Crippen MR) is 88.9 cm³/mol. The van der Waals surface area contributed by atoms with E-state index in [2.05, 4.69) is 12.2 Å². The molecule has 0 heterocycles. The second-order valence-corrected chi connectivity index (χ2v) is 5.46. The van der Waals surface area contributed by atoms with Gasteiger partial charge in [-0.2, -0.15) is 0 Å². The number of amides is 1. The van der Waals surface area contributed by atoms with Crippen LogP contribution in [0.5, 0.6) is 0 Å². The van der Waals surface area contributed by atoms with Gasteiger partial charge in [-0.3, -0.25) is 4.79 Å². The molecular weight excluding hydrogens is 294 g/mol. The molecule has 0 saturated carbocycles. The highest BCUT2D eigenvalue weighted by atomic mass is 16.5. The minimum atomic E-state index is -0.737. The molecule has 1 aromatic carbocycles. The summed E-state index contributed by atoms with van der Waals surface area (Å²) in [5.41, 5.74) is 0.752. The van der Waals surface area contributed by atoms with Crippen molar-refractivity contribution in [2.24, 2.45) is 0 Å². The Morgan fingerprint density at radius 2 is 1.78 bits per heavy atom. The highest BCUT2D eigenvalue weighted by Gasteiger charge is 2.26. The molecule has 0 aliphatic rings. The van der Waals surface area contributed by atoms with Crippen molar-refractivity contribution in [3.8, 4) is 0 Å². The number of hydrogen-bond donors (Lipinski definition) is 1. The lowest BCUT2D eigenvalue weighted by Gasteiger charge is -2.20. The van der Waals surface area contributed by atoms with Crippen molar-refractivity contribution in [1.82, 2.24) is 5.32 Å². The fraction of sp³-hybridized carbons (Fsp3) is 0.556. The number of nitrogens with one attached hydrogen (secondary N) is 1. The number of unbranched alkanes of at least 4 members (excludes halogenated alkanes) is 3. The average molecular weight is 321 g/mol. The summed E-state index contributed by atoms with van der Waals surface area (Å²) in [6.07, 6.45) is 3.98. The molecule has 0 fully saturated rings. The van der Waals surface area contributed by atoms with E-state index in [1.54, 1.807) is 0 Å². The minimum absolute atomic E-state index is 0.329. The Hall–Kier alpha value is -1.88. The van der Waals surface area contributed by atoms with Crippen LogP contribution in [0.2, 0.25) is 0 Å². The maximum atomic E-state index is 12.5. The summed E-state index contributed by atoms with van der Waals surface area (Å²) >= 11 is 0. The fourth-order valence-corrected chi connectivity index (χ4v) is 2.44. The molecule has 128 valence electrons. The third-order valence-corrected chi connectivity index (χ3v) is 3.72. The van der Waals surface area contributed by atoms with Crippen LogP contribution in [0.25, 0.3) is 0 Å². The second-order valence-electron chi connectivity index (χ2n) is 5.46. The second kappa shape index (κ2) is 10.8. The number of methoxy groups -OCH3 is 2. The van der Waals surface area contributed by atoms with Gasteiger partial charge in [0.2, 0.25) is 0 Å². The largest absolute Gasteiger partial charge is 0.467 e. The molecule has 23 heavy (non-hydrogen) atoms. The molecule has 0 bridgehead atoms. The van der Waals surface area contributed by atoms with Gasteiger partial charge in [-0.1, -0.05) is 62.9 Å². The predicted octanol–water partition coefficient (Wildman–Crippen LogP) is 3.00. The molecule has 0 radical (unpaired) electrons. The zero-order valence-electron chi connectivity index (χ0n) is 14.2. The molecule has 1 aromatic rings. The molecule has 0 aromatic heterocycles. The van der Waals surface area contributed by atoms with Gasteiger partial charge >= 0.3 is 5.97 Å². The number of benzene rings is 1. The van der Waals surface area contributed by atoms with E-state index < -0.39 is 18.1 Å². The SMILES string of the molecule is CCCCCC[C@@H](NC(=O)[C@@H](OC)c1ccccc1)C(=O)OC. The van der Waals surface area contributed by atoms with Gasteiger partial charge in [0, 0.05) is 7.11 Å². The summed E-state index contributed by atoms with van der Waals surface area (Å²) in [6.45, 7) is 2.13. The van der Waals surface area contributed by atoms with E-state index >= 15 is 0 Å². The van der Waals surface area contributed by atoms with Crippen molar-refractivity contribution in [3.63, 3.8) is 0 Å².